The molecule has 0 spiro atoms. The molecule has 0 aliphatic carbocycles. The summed E-state index contributed by atoms with van der Waals surface area (Å²) >= 11 is 0. The van der Waals surface area contributed by atoms with Crippen LogP contribution in [0, 0.1) is 0 Å². The molecule has 0 saturated carbocycles. The average Bonchev–Trinajstić information content (AvgIpc) is 2.53. The van der Waals surface area contributed by atoms with Crippen LogP contribution in [0.4, 0.5) is 5.69 Å². The molecule has 132 valence electrons. The minimum atomic E-state index is -1.22. The fraction of sp³-hybridized carbons (Fsp3) is 0.556. The molecule has 0 aliphatic rings. The fourth-order valence-electron chi connectivity index (χ4n) is 2.51. The van der Waals surface area contributed by atoms with Gasteiger partial charge in [0.25, 0.3) is 0 Å². The molecule has 1 rings (SSSR count). The molecule has 0 atom stereocenters. The van der Waals surface area contributed by atoms with Crippen molar-refractivity contribution in [2.45, 2.75) is 58.3 Å². The average molecular weight is 369 g/mol. The molecule has 0 radical (unpaired) electrons. The van der Waals surface area contributed by atoms with Crippen molar-refractivity contribution in [3.8, 4) is 0 Å². The first kappa shape index (κ1) is 27.2. The van der Waals surface area contributed by atoms with E-state index in [1.54, 1.807) is 6.07 Å². The molecule has 0 heterocycles. The number of carboxylic acid groups (broad SMARTS) is 2. The molecule has 0 bridgehead atoms. The van der Waals surface area contributed by atoms with E-state index in [4.69, 9.17) is 10.2 Å². The van der Waals surface area contributed by atoms with E-state index in [2.05, 4.69) is 12.2 Å². The largest absolute Gasteiger partial charge is 1.00 e. The Morgan fingerprint density at radius 2 is 1.40 bits per heavy atom. The Bertz CT molecular complexity index is 534. The van der Waals surface area contributed by atoms with Crippen molar-refractivity contribution < 1.29 is 81.8 Å². The number of carboxylic acids is 2. The quantitative estimate of drug-likeness (QED) is 0.321. The minimum absolute atomic E-state index is 0. The van der Waals surface area contributed by atoms with Gasteiger partial charge in [0.2, 0.25) is 0 Å². The summed E-state index contributed by atoms with van der Waals surface area (Å²) in [6, 6.07) is 4.33. The summed E-state index contributed by atoms with van der Waals surface area (Å²) in [5.41, 5.74) is 0.281. The van der Waals surface area contributed by atoms with Crippen LogP contribution in [0.5, 0.6) is 0 Å². The molecule has 0 amide bonds. The van der Waals surface area contributed by atoms with E-state index < -0.39 is 11.9 Å². The second-order valence-electron chi connectivity index (χ2n) is 5.77. The van der Waals surface area contributed by atoms with Gasteiger partial charge in [-0.1, -0.05) is 51.9 Å². The SMILES string of the molecule is CCCCCCCCCCNc1ccc(C(=O)O)c(C(=O)O)c1.[H-].[H-].[Na+].[Na+]. The number of nitrogens with one attached hydrogen (secondary N) is 1. The van der Waals surface area contributed by atoms with Crippen LogP contribution in [0.3, 0.4) is 0 Å². The zero-order valence-electron chi connectivity index (χ0n) is 17.8. The summed E-state index contributed by atoms with van der Waals surface area (Å²) in [6.07, 6.45) is 9.89. The molecule has 0 fully saturated rings. The molecule has 25 heavy (non-hydrogen) atoms. The van der Waals surface area contributed by atoms with Crippen molar-refractivity contribution in [1.82, 2.24) is 0 Å². The summed E-state index contributed by atoms with van der Waals surface area (Å²) in [7, 11) is 0. The number of rotatable bonds is 12. The minimum Gasteiger partial charge on any atom is -1.00 e. The van der Waals surface area contributed by atoms with E-state index in [1.807, 2.05) is 0 Å². The van der Waals surface area contributed by atoms with E-state index in [0.717, 1.165) is 19.4 Å². The second kappa shape index (κ2) is 16.2. The Labute approximate surface area is 197 Å². The van der Waals surface area contributed by atoms with Crippen molar-refractivity contribution in [2.75, 3.05) is 11.9 Å². The van der Waals surface area contributed by atoms with Crippen molar-refractivity contribution in [2.24, 2.45) is 0 Å². The number of hydrogen-bond donors (Lipinski definition) is 3. The Morgan fingerprint density at radius 3 is 1.92 bits per heavy atom. The van der Waals surface area contributed by atoms with E-state index in [-0.39, 0.29) is 73.1 Å². The van der Waals surface area contributed by atoms with Crippen molar-refractivity contribution in [3.63, 3.8) is 0 Å². The third-order valence-corrected chi connectivity index (χ3v) is 3.84. The zero-order valence-corrected chi connectivity index (χ0v) is 19.8. The smallest absolute Gasteiger partial charge is 1.00 e. The van der Waals surface area contributed by atoms with Gasteiger partial charge < -0.3 is 18.4 Å². The van der Waals surface area contributed by atoms with Gasteiger partial charge in [-0.25, -0.2) is 9.59 Å². The maximum Gasteiger partial charge on any atom is 1.00 e. The molecule has 1 aromatic rings. The Kier molecular flexibility index (Phi) is 17.6. The maximum absolute atomic E-state index is 11.1. The molecule has 0 saturated heterocycles. The van der Waals surface area contributed by atoms with Crippen LogP contribution in [0.1, 0.15) is 81.9 Å². The van der Waals surface area contributed by atoms with Gasteiger partial charge in [0.15, 0.2) is 0 Å². The third-order valence-electron chi connectivity index (χ3n) is 3.84. The molecule has 0 aromatic heterocycles. The first-order valence-electron chi connectivity index (χ1n) is 8.40. The number of hydrogen-bond acceptors (Lipinski definition) is 3. The van der Waals surface area contributed by atoms with Crippen LogP contribution in [0.15, 0.2) is 18.2 Å². The van der Waals surface area contributed by atoms with E-state index in [1.165, 1.54) is 50.7 Å². The molecule has 5 nitrogen and oxygen atoms in total. The van der Waals surface area contributed by atoms with Crippen LogP contribution in [0.25, 0.3) is 0 Å². The number of anilines is 1. The van der Waals surface area contributed by atoms with Gasteiger partial charge in [0.1, 0.15) is 0 Å². The summed E-state index contributed by atoms with van der Waals surface area (Å²) in [5, 5.41) is 21.2. The van der Waals surface area contributed by atoms with Crippen LogP contribution in [-0.2, 0) is 0 Å². The fourth-order valence-corrected chi connectivity index (χ4v) is 2.51. The Hall–Kier alpha value is -0.0400. The summed E-state index contributed by atoms with van der Waals surface area (Å²) < 4.78 is 0. The molecule has 0 aliphatic heterocycles. The van der Waals surface area contributed by atoms with E-state index in [0.29, 0.717) is 5.69 Å². The topological polar surface area (TPSA) is 86.6 Å². The van der Waals surface area contributed by atoms with Gasteiger partial charge in [0.05, 0.1) is 11.1 Å². The van der Waals surface area contributed by atoms with Gasteiger partial charge in [-0.05, 0) is 24.6 Å². The molecular weight excluding hydrogens is 340 g/mol. The third kappa shape index (κ3) is 11.3. The number of carbonyl (C=O) groups is 2. The van der Waals surface area contributed by atoms with Gasteiger partial charge in [0, 0.05) is 12.2 Å². The monoisotopic (exact) mass is 369 g/mol. The first-order chi connectivity index (χ1) is 11.1. The normalized spacial score (nSPS) is 9.64. The standard InChI is InChI=1S/C18H27NO4.2Na.2H/c1-2-3-4-5-6-7-8-9-12-19-14-10-11-15(17(20)21)16(13-14)18(22)23;;;;/h10-11,13,19H,2-9,12H2,1H3,(H,20,21)(H,22,23);;;;/q;2*+1;2*-1. The molecule has 0 unspecified atom stereocenters. The van der Waals surface area contributed by atoms with Crippen LogP contribution < -0.4 is 64.4 Å². The van der Waals surface area contributed by atoms with E-state index in [9.17, 15) is 9.59 Å². The molecular formula is C18H29NNa2O4. The number of benzene rings is 1. The van der Waals surface area contributed by atoms with Crippen LogP contribution >= 0.6 is 0 Å². The van der Waals surface area contributed by atoms with Gasteiger partial charge in [-0.3, -0.25) is 0 Å². The molecule has 7 heteroatoms. The summed E-state index contributed by atoms with van der Waals surface area (Å²) in [5.74, 6) is -2.45. The van der Waals surface area contributed by atoms with Crippen molar-refractivity contribution in [1.29, 1.82) is 0 Å². The van der Waals surface area contributed by atoms with Crippen LogP contribution in [0.2, 0.25) is 0 Å². The number of aromatic carboxylic acids is 2. The number of unbranched alkanes of at least 4 members (excludes halogenated alkanes) is 7. The van der Waals surface area contributed by atoms with Crippen molar-refractivity contribution in [3.05, 3.63) is 29.3 Å². The van der Waals surface area contributed by atoms with Gasteiger partial charge >= 0.3 is 71.1 Å². The summed E-state index contributed by atoms with van der Waals surface area (Å²) in [4.78, 5) is 22.1. The molecule has 1 aromatic carbocycles. The second-order valence-corrected chi connectivity index (χ2v) is 5.77. The molecule has 3 N–H and O–H groups in total. The van der Waals surface area contributed by atoms with Crippen molar-refractivity contribution >= 4 is 17.6 Å². The first-order valence-corrected chi connectivity index (χ1v) is 8.40. The zero-order chi connectivity index (χ0) is 17.1. The van der Waals surface area contributed by atoms with Crippen LogP contribution in [-0.4, -0.2) is 28.7 Å². The van der Waals surface area contributed by atoms with E-state index >= 15 is 0 Å². The Morgan fingerprint density at radius 1 is 0.880 bits per heavy atom. The Balaban J connectivity index is -0.000000661. The van der Waals surface area contributed by atoms with Gasteiger partial charge in [-0.15, -0.1) is 0 Å². The maximum atomic E-state index is 11.1. The van der Waals surface area contributed by atoms with Gasteiger partial charge in [-0.2, -0.15) is 0 Å². The predicted molar refractivity (Wildman–Crippen MR) is 93.7 cm³/mol. The predicted octanol–water partition coefficient (Wildman–Crippen LogP) is -1.13. The summed E-state index contributed by atoms with van der Waals surface area (Å²) in [6.45, 7) is 2.98.